The first kappa shape index (κ1) is 10.2. The van der Waals surface area contributed by atoms with Crippen molar-refractivity contribution in [1.29, 1.82) is 0 Å². The van der Waals surface area contributed by atoms with Crippen LogP contribution in [0.1, 0.15) is 0 Å². The highest BCUT2D eigenvalue weighted by atomic mass is 19.1. The SMILES string of the molecule is COc1c(F)cc(F)cc1OC1CNC1. The lowest BCUT2D eigenvalue weighted by Crippen LogP contribution is -2.50. The lowest BCUT2D eigenvalue weighted by Gasteiger charge is -2.28. The summed E-state index contributed by atoms with van der Waals surface area (Å²) in [6.45, 7) is 1.36. The minimum absolute atomic E-state index is 0.0416. The van der Waals surface area contributed by atoms with Gasteiger partial charge in [-0.3, -0.25) is 0 Å². The van der Waals surface area contributed by atoms with E-state index in [4.69, 9.17) is 9.47 Å². The normalized spacial score (nSPS) is 15.9. The van der Waals surface area contributed by atoms with E-state index in [2.05, 4.69) is 5.32 Å². The van der Waals surface area contributed by atoms with Gasteiger partial charge in [-0.15, -0.1) is 0 Å². The number of benzene rings is 1. The number of hydrogen-bond donors (Lipinski definition) is 1. The largest absolute Gasteiger partial charge is 0.490 e. The fourth-order valence-electron chi connectivity index (χ4n) is 1.35. The van der Waals surface area contributed by atoms with E-state index in [1.807, 2.05) is 0 Å². The van der Waals surface area contributed by atoms with Crippen molar-refractivity contribution >= 4 is 0 Å². The summed E-state index contributed by atoms with van der Waals surface area (Å²) in [7, 11) is 1.32. The van der Waals surface area contributed by atoms with Crippen molar-refractivity contribution in [3.8, 4) is 11.5 Å². The molecule has 1 aromatic carbocycles. The molecule has 82 valence electrons. The van der Waals surface area contributed by atoms with Gasteiger partial charge in [0.25, 0.3) is 0 Å². The van der Waals surface area contributed by atoms with E-state index in [1.54, 1.807) is 0 Å². The van der Waals surface area contributed by atoms with E-state index < -0.39 is 11.6 Å². The maximum Gasteiger partial charge on any atom is 0.197 e. The van der Waals surface area contributed by atoms with Crippen LogP contribution in [0, 0.1) is 11.6 Å². The first-order chi connectivity index (χ1) is 7.20. The number of halogens is 2. The molecular formula is C10H11F2NO2. The molecule has 15 heavy (non-hydrogen) atoms. The monoisotopic (exact) mass is 215 g/mol. The summed E-state index contributed by atoms with van der Waals surface area (Å²) in [6, 6.07) is 1.89. The molecule has 1 aromatic rings. The van der Waals surface area contributed by atoms with E-state index in [1.165, 1.54) is 7.11 Å². The Morgan fingerprint density at radius 1 is 1.33 bits per heavy atom. The zero-order valence-corrected chi connectivity index (χ0v) is 8.22. The standard InChI is InChI=1S/C10H11F2NO2/c1-14-10-8(12)2-6(11)3-9(10)15-7-4-13-5-7/h2-3,7,13H,4-5H2,1H3. The first-order valence-corrected chi connectivity index (χ1v) is 4.61. The van der Waals surface area contributed by atoms with Crippen LogP contribution in [0.15, 0.2) is 12.1 Å². The Hall–Kier alpha value is -1.36. The van der Waals surface area contributed by atoms with Crippen molar-refractivity contribution in [2.45, 2.75) is 6.10 Å². The van der Waals surface area contributed by atoms with Gasteiger partial charge in [-0.2, -0.15) is 0 Å². The molecule has 1 aliphatic heterocycles. The summed E-state index contributed by atoms with van der Waals surface area (Å²) in [5.74, 6) is -1.36. The average Bonchev–Trinajstić information content (AvgIpc) is 2.10. The molecule has 0 bridgehead atoms. The third kappa shape index (κ3) is 2.02. The third-order valence-corrected chi connectivity index (χ3v) is 2.22. The topological polar surface area (TPSA) is 30.5 Å². The van der Waals surface area contributed by atoms with Crippen LogP contribution in [0.2, 0.25) is 0 Å². The molecule has 0 spiro atoms. The summed E-state index contributed by atoms with van der Waals surface area (Å²) in [4.78, 5) is 0. The van der Waals surface area contributed by atoms with Crippen molar-refractivity contribution < 1.29 is 18.3 Å². The molecule has 1 N–H and O–H groups in total. The van der Waals surface area contributed by atoms with E-state index in [0.717, 1.165) is 12.1 Å². The molecule has 0 radical (unpaired) electrons. The fourth-order valence-corrected chi connectivity index (χ4v) is 1.35. The molecule has 0 atom stereocenters. The quantitative estimate of drug-likeness (QED) is 0.825. The molecule has 0 amide bonds. The predicted molar refractivity (Wildman–Crippen MR) is 50.2 cm³/mol. The van der Waals surface area contributed by atoms with Crippen LogP contribution >= 0.6 is 0 Å². The first-order valence-electron chi connectivity index (χ1n) is 4.61. The summed E-state index contributed by atoms with van der Waals surface area (Å²) in [5.41, 5.74) is 0. The summed E-state index contributed by atoms with van der Waals surface area (Å²) in [5, 5.41) is 2.99. The third-order valence-electron chi connectivity index (χ3n) is 2.22. The lowest BCUT2D eigenvalue weighted by molar-refractivity contribution is 0.135. The van der Waals surface area contributed by atoms with Crippen molar-refractivity contribution in [2.75, 3.05) is 20.2 Å². The van der Waals surface area contributed by atoms with E-state index in [0.29, 0.717) is 13.1 Å². The van der Waals surface area contributed by atoms with Gasteiger partial charge in [0.05, 0.1) is 7.11 Å². The number of ether oxygens (including phenoxy) is 2. The smallest absolute Gasteiger partial charge is 0.197 e. The van der Waals surface area contributed by atoms with Crippen LogP contribution in [-0.4, -0.2) is 26.3 Å². The second kappa shape index (κ2) is 4.02. The van der Waals surface area contributed by atoms with Gasteiger partial charge < -0.3 is 14.8 Å². The van der Waals surface area contributed by atoms with Gasteiger partial charge in [0.15, 0.2) is 17.3 Å². The number of hydrogen-bond acceptors (Lipinski definition) is 3. The second-order valence-corrected chi connectivity index (χ2v) is 3.32. The Kier molecular flexibility index (Phi) is 2.73. The maximum atomic E-state index is 13.2. The zero-order chi connectivity index (χ0) is 10.8. The molecular weight excluding hydrogens is 204 g/mol. The minimum Gasteiger partial charge on any atom is -0.490 e. The van der Waals surface area contributed by atoms with Crippen molar-refractivity contribution in [3.63, 3.8) is 0 Å². The lowest BCUT2D eigenvalue weighted by atomic mass is 10.2. The van der Waals surface area contributed by atoms with Gasteiger partial charge in [0, 0.05) is 25.2 Å². The Balaban J connectivity index is 2.25. The van der Waals surface area contributed by atoms with E-state index >= 15 is 0 Å². The molecule has 0 aliphatic carbocycles. The van der Waals surface area contributed by atoms with Crippen LogP contribution in [0.4, 0.5) is 8.78 Å². The molecule has 2 rings (SSSR count). The summed E-state index contributed by atoms with van der Waals surface area (Å²) < 4.78 is 36.3. The molecule has 0 saturated carbocycles. The van der Waals surface area contributed by atoms with Gasteiger partial charge in [0.2, 0.25) is 0 Å². The van der Waals surface area contributed by atoms with Gasteiger partial charge in [-0.25, -0.2) is 8.78 Å². The van der Waals surface area contributed by atoms with E-state index in [9.17, 15) is 8.78 Å². The van der Waals surface area contributed by atoms with Crippen molar-refractivity contribution in [3.05, 3.63) is 23.8 Å². The predicted octanol–water partition coefficient (Wildman–Crippen LogP) is 1.32. The summed E-state index contributed by atoms with van der Waals surface area (Å²) >= 11 is 0. The van der Waals surface area contributed by atoms with Gasteiger partial charge in [-0.1, -0.05) is 0 Å². The minimum atomic E-state index is -0.750. The fraction of sp³-hybridized carbons (Fsp3) is 0.400. The highest BCUT2D eigenvalue weighted by molar-refractivity contribution is 5.41. The van der Waals surface area contributed by atoms with Crippen LogP contribution in [0.3, 0.4) is 0 Å². The van der Waals surface area contributed by atoms with Crippen LogP contribution in [0.5, 0.6) is 11.5 Å². The molecule has 0 aromatic heterocycles. The molecule has 3 nitrogen and oxygen atoms in total. The Labute approximate surface area is 86.0 Å². The Bertz CT molecular complexity index is 367. The van der Waals surface area contributed by atoms with Gasteiger partial charge in [0.1, 0.15) is 11.9 Å². The number of methoxy groups -OCH3 is 1. The molecule has 1 aliphatic rings. The zero-order valence-electron chi connectivity index (χ0n) is 8.22. The van der Waals surface area contributed by atoms with Crippen molar-refractivity contribution in [1.82, 2.24) is 5.32 Å². The van der Waals surface area contributed by atoms with Crippen LogP contribution < -0.4 is 14.8 Å². The summed E-state index contributed by atoms with van der Waals surface area (Å²) in [6.07, 6.45) is -0.0416. The van der Waals surface area contributed by atoms with E-state index in [-0.39, 0.29) is 17.6 Å². The van der Waals surface area contributed by atoms with Crippen LogP contribution in [0.25, 0.3) is 0 Å². The van der Waals surface area contributed by atoms with Gasteiger partial charge >= 0.3 is 0 Å². The molecule has 1 fully saturated rings. The molecule has 1 saturated heterocycles. The molecule has 1 heterocycles. The Morgan fingerprint density at radius 3 is 2.60 bits per heavy atom. The number of nitrogens with one attached hydrogen (secondary N) is 1. The Morgan fingerprint density at radius 2 is 2.07 bits per heavy atom. The molecule has 0 unspecified atom stereocenters. The highest BCUT2D eigenvalue weighted by Gasteiger charge is 2.22. The van der Waals surface area contributed by atoms with Crippen molar-refractivity contribution in [2.24, 2.45) is 0 Å². The maximum absolute atomic E-state index is 13.2. The average molecular weight is 215 g/mol. The number of rotatable bonds is 3. The van der Waals surface area contributed by atoms with Crippen LogP contribution in [-0.2, 0) is 0 Å². The molecule has 5 heteroatoms. The highest BCUT2D eigenvalue weighted by Crippen LogP contribution is 2.32. The van der Waals surface area contributed by atoms with Gasteiger partial charge in [-0.05, 0) is 0 Å². The second-order valence-electron chi connectivity index (χ2n) is 3.32.